The molecule has 0 radical (unpaired) electrons. The number of amidine groups is 1. The van der Waals surface area contributed by atoms with Gasteiger partial charge in [0, 0.05) is 5.75 Å². The number of hydrogen-bond donors (Lipinski definition) is 1. The van der Waals surface area contributed by atoms with Gasteiger partial charge in [-0.25, -0.2) is 8.78 Å². The van der Waals surface area contributed by atoms with E-state index >= 15 is 0 Å². The summed E-state index contributed by atoms with van der Waals surface area (Å²) in [6.07, 6.45) is -4.58. The Labute approximate surface area is 149 Å². The molecule has 0 bridgehead atoms. The molecular formula is C16H12F5N3OS. The SMILES string of the molecule is NC(=NN=Cc1c(F)ccc(F)c1OC(F)(F)F)SCc1ccccc1. The van der Waals surface area contributed by atoms with Crippen LogP contribution in [0.15, 0.2) is 52.7 Å². The van der Waals surface area contributed by atoms with Gasteiger partial charge < -0.3 is 10.5 Å². The summed E-state index contributed by atoms with van der Waals surface area (Å²) in [6.45, 7) is 0. The number of nitrogens with zero attached hydrogens (tertiary/aromatic N) is 2. The highest BCUT2D eigenvalue weighted by Gasteiger charge is 2.34. The lowest BCUT2D eigenvalue weighted by Crippen LogP contribution is -2.19. The van der Waals surface area contributed by atoms with E-state index in [0.717, 1.165) is 17.3 Å². The summed E-state index contributed by atoms with van der Waals surface area (Å²) in [7, 11) is 0. The lowest BCUT2D eigenvalue weighted by Gasteiger charge is -2.12. The second-order valence-electron chi connectivity index (χ2n) is 4.78. The Hall–Kier alpha value is -2.62. The molecule has 10 heteroatoms. The number of halogens is 5. The van der Waals surface area contributed by atoms with Crippen LogP contribution in [0.2, 0.25) is 0 Å². The Morgan fingerprint density at radius 1 is 1.08 bits per heavy atom. The van der Waals surface area contributed by atoms with E-state index in [0.29, 0.717) is 24.1 Å². The third-order valence-electron chi connectivity index (χ3n) is 2.89. The van der Waals surface area contributed by atoms with Crippen LogP contribution in [0, 0.1) is 11.6 Å². The van der Waals surface area contributed by atoms with Gasteiger partial charge in [0.1, 0.15) is 5.82 Å². The number of benzene rings is 2. The Morgan fingerprint density at radius 3 is 2.38 bits per heavy atom. The van der Waals surface area contributed by atoms with E-state index in [1.807, 2.05) is 30.3 Å². The lowest BCUT2D eigenvalue weighted by molar-refractivity contribution is -0.275. The van der Waals surface area contributed by atoms with Gasteiger partial charge in [0.2, 0.25) is 0 Å². The Bertz CT molecular complexity index is 810. The predicted octanol–water partition coefficient (Wildman–Crippen LogP) is 4.45. The minimum absolute atomic E-state index is 0.000189. The largest absolute Gasteiger partial charge is 0.573 e. The van der Waals surface area contributed by atoms with Crippen molar-refractivity contribution in [3.05, 3.63) is 65.2 Å². The van der Waals surface area contributed by atoms with E-state index in [4.69, 9.17) is 5.73 Å². The van der Waals surface area contributed by atoms with Crippen molar-refractivity contribution in [3.8, 4) is 5.75 Å². The van der Waals surface area contributed by atoms with Crippen molar-refractivity contribution in [2.75, 3.05) is 0 Å². The molecule has 0 aliphatic carbocycles. The number of alkyl halides is 3. The van der Waals surface area contributed by atoms with E-state index in [2.05, 4.69) is 14.9 Å². The molecule has 2 aromatic carbocycles. The summed E-state index contributed by atoms with van der Waals surface area (Å²) >= 11 is 1.12. The molecule has 0 aliphatic rings. The summed E-state index contributed by atoms with van der Waals surface area (Å²) in [5, 5.41) is 6.95. The van der Waals surface area contributed by atoms with E-state index in [-0.39, 0.29) is 5.17 Å². The molecule has 2 rings (SSSR count). The van der Waals surface area contributed by atoms with E-state index < -0.39 is 29.3 Å². The van der Waals surface area contributed by atoms with Crippen molar-refractivity contribution in [1.29, 1.82) is 0 Å². The van der Waals surface area contributed by atoms with Gasteiger partial charge in [-0.15, -0.1) is 18.3 Å². The highest BCUT2D eigenvalue weighted by atomic mass is 32.2. The predicted molar refractivity (Wildman–Crippen MR) is 90.0 cm³/mol. The van der Waals surface area contributed by atoms with Gasteiger partial charge in [0.25, 0.3) is 0 Å². The topological polar surface area (TPSA) is 60.0 Å². The van der Waals surface area contributed by atoms with Crippen LogP contribution in [-0.4, -0.2) is 17.7 Å². The molecule has 0 saturated carbocycles. The quantitative estimate of drug-likeness (QED) is 0.356. The molecule has 26 heavy (non-hydrogen) atoms. The number of hydrogen-bond acceptors (Lipinski definition) is 4. The van der Waals surface area contributed by atoms with Crippen molar-refractivity contribution in [3.63, 3.8) is 0 Å². The number of nitrogens with two attached hydrogens (primary N) is 1. The maximum absolute atomic E-state index is 13.7. The third kappa shape index (κ3) is 6.03. The molecule has 0 unspecified atom stereocenters. The number of ether oxygens (including phenoxy) is 1. The van der Waals surface area contributed by atoms with Crippen LogP contribution in [-0.2, 0) is 5.75 Å². The first-order valence-corrected chi connectivity index (χ1v) is 8.02. The molecule has 0 amide bonds. The maximum atomic E-state index is 13.7. The monoisotopic (exact) mass is 389 g/mol. The molecule has 0 aliphatic heterocycles. The fourth-order valence-electron chi connectivity index (χ4n) is 1.79. The van der Waals surface area contributed by atoms with Crippen molar-refractivity contribution >= 4 is 23.1 Å². The highest BCUT2D eigenvalue weighted by Crippen LogP contribution is 2.30. The normalized spacial score (nSPS) is 12.6. The van der Waals surface area contributed by atoms with E-state index in [9.17, 15) is 22.0 Å². The third-order valence-corrected chi connectivity index (χ3v) is 3.74. The van der Waals surface area contributed by atoms with Crippen LogP contribution in [0.1, 0.15) is 11.1 Å². The van der Waals surface area contributed by atoms with Crippen LogP contribution < -0.4 is 10.5 Å². The molecule has 0 atom stereocenters. The van der Waals surface area contributed by atoms with Crippen LogP contribution in [0.5, 0.6) is 5.75 Å². The van der Waals surface area contributed by atoms with E-state index in [1.165, 1.54) is 0 Å². The average Bonchev–Trinajstić information content (AvgIpc) is 2.58. The first kappa shape index (κ1) is 19.7. The molecule has 138 valence electrons. The first-order valence-electron chi connectivity index (χ1n) is 7.03. The van der Waals surface area contributed by atoms with Gasteiger partial charge in [0.05, 0.1) is 11.8 Å². The van der Waals surface area contributed by atoms with Crippen molar-refractivity contribution in [2.45, 2.75) is 12.1 Å². The fourth-order valence-corrected chi connectivity index (χ4v) is 2.40. The van der Waals surface area contributed by atoms with Gasteiger partial charge in [-0.1, -0.05) is 42.1 Å². The standard InChI is InChI=1S/C16H12F5N3OS/c17-12-6-7-13(18)14(25-16(19,20)21)11(12)8-23-24-15(22)26-9-10-4-2-1-3-5-10/h1-8H,9H2,(H2,22,24). The maximum Gasteiger partial charge on any atom is 0.573 e. The Balaban J connectivity index is 2.12. The van der Waals surface area contributed by atoms with Gasteiger partial charge in [-0.05, 0) is 17.7 Å². The zero-order chi connectivity index (χ0) is 19.2. The second kappa shape index (κ2) is 8.65. The van der Waals surface area contributed by atoms with Gasteiger partial charge in [0.15, 0.2) is 16.7 Å². The summed E-state index contributed by atoms with van der Waals surface area (Å²) < 4.78 is 67.8. The van der Waals surface area contributed by atoms with Gasteiger partial charge >= 0.3 is 6.36 Å². The molecule has 0 saturated heterocycles. The Morgan fingerprint density at radius 2 is 1.73 bits per heavy atom. The van der Waals surface area contributed by atoms with Crippen molar-refractivity contribution < 1.29 is 26.7 Å². The summed E-state index contributed by atoms with van der Waals surface area (Å²) in [6, 6.07) is 10.4. The molecular weight excluding hydrogens is 377 g/mol. The van der Waals surface area contributed by atoms with E-state index in [1.54, 1.807) is 0 Å². The highest BCUT2D eigenvalue weighted by molar-refractivity contribution is 8.13. The summed E-state index contributed by atoms with van der Waals surface area (Å²) in [4.78, 5) is 0. The Kier molecular flexibility index (Phi) is 6.56. The molecule has 0 heterocycles. The molecule has 0 fully saturated rings. The number of thioether (sulfide) groups is 1. The summed E-state index contributed by atoms with van der Waals surface area (Å²) in [5.41, 5.74) is 5.76. The van der Waals surface area contributed by atoms with Crippen LogP contribution >= 0.6 is 11.8 Å². The molecule has 0 aromatic heterocycles. The molecule has 4 nitrogen and oxygen atoms in total. The smallest absolute Gasteiger partial charge is 0.402 e. The van der Waals surface area contributed by atoms with Crippen LogP contribution in [0.4, 0.5) is 22.0 Å². The number of rotatable bonds is 5. The van der Waals surface area contributed by atoms with Crippen LogP contribution in [0.25, 0.3) is 0 Å². The van der Waals surface area contributed by atoms with Crippen molar-refractivity contribution in [1.82, 2.24) is 0 Å². The molecule has 0 spiro atoms. The fraction of sp³-hybridized carbons (Fsp3) is 0.125. The zero-order valence-corrected chi connectivity index (χ0v) is 13.8. The van der Waals surface area contributed by atoms with Crippen LogP contribution in [0.3, 0.4) is 0 Å². The average molecular weight is 389 g/mol. The van der Waals surface area contributed by atoms with Crippen molar-refractivity contribution in [2.24, 2.45) is 15.9 Å². The zero-order valence-electron chi connectivity index (χ0n) is 13.0. The first-order chi connectivity index (χ1) is 12.3. The lowest BCUT2D eigenvalue weighted by atomic mass is 10.2. The molecule has 2 N–H and O–H groups in total. The second-order valence-corrected chi connectivity index (χ2v) is 5.77. The van der Waals surface area contributed by atoms with Gasteiger partial charge in [-0.2, -0.15) is 5.10 Å². The minimum atomic E-state index is -5.19. The minimum Gasteiger partial charge on any atom is -0.402 e. The molecule has 2 aromatic rings. The summed E-state index contributed by atoms with van der Waals surface area (Å²) in [5.74, 6) is -3.38. The van der Waals surface area contributed by atoms with Gasteiger partial charge in [-0.3, -0.25) is 0 Å².